The summed E-state index contributed by atoms with van der Waals surface area (Å²) in [5, 5.41) is 3.47. The van der Waals surface area contributed by atoms with Crippen molar-refractivity contribution in [1.82, 2.24) is 15.2 Å². The van der Waals surface area contributed by atoms with Gasteiger partial charge in [0.25, 0.3) is 0 Å². The Kier molecular flexibility index (Phi) is 7.02. The van der Waals surface area contributed by atoms with Crippen LogP contribution in [0, 0.1) is 17.5 Å². The zero-order valence-electron chi connectivity index (χ0n) is 18.8. The van der Waals surface area contributed by atoms with Crippen LogP contribution >= 0.6 is 0 Å². The minimum atomic E-state index is -0.848. The molecule has 2 aromatic rings. The van der Waals surface area contributed by atoms with Crippen LogP contribution in [0.25, 0.3) is 17.0 Å². The van der Waals surface area contributed by atoms with Gasteiger partial charge in [-0.05, 0) is 81.0 Å². The van der Waals surface area contributed by atoms with Crippen LogP contribution in [-0.2, 0) is 0 Å². The van der Waals surface area contributed by atoms with Gasteiger partial charge in [0.1, 0.15) is 23.1 Å². The summed E-state index contributed by atoms with van der Waals surface area (Å²) in [5.41, 5.74) is 3.38. The van der Waals surface area contributed by atoms with Crippen molar-refractivity contribution in [2.24, 2.45) is 0 Å². The molecule has 2 fully saturated rings. The molecule has 1 aliphatic heterocycles. The highest BCUT2D eigenvalue weighted by molar-refractivity contribution is 5.72. The number of hydrogen-bond donors (Lipinski definition) is 1. The van der Waals surface area contributed by atoms with Crippen LogP contribution in [-0.4, -0.2) is 23.0 Å². The molecule has 2 heterocycles. The number of hydrogen-bond acceptors (Lipinski definition) is 3. The third-order valence-corrected chi connectivity index (χ3v) is 5.92. The first-order valence-corrected chi connectivity index (χ1v) is 11.4. The van der Waals surface area contributed by atoms with Crippen molar-refractivity contribution in [2.75, 3.05) is 13.1 Å². The SMILES string of the molecule is C=C/C(NC(=C1CC1)c1ccc(F)c(-c2c(F)cccc2F)n1)=C(\C=C/C)N1CCCCC1. The fourth-order valence-corrected chi connectivity index (χ4v) is 4.14. The van der Waals surface area contributed by atoms with Gasteiger partial charge in [0.2, 0.25) is 0 Å². The van der Waals surface area contributed by atoms with Gasteiger partial charge in [0, 0.05) is 13.1 Å². The molecule has 3 nitrogen and oxygen atoms in total. The van der Waals surface area contributed by atoms with E-state index in [0.29, 0.717) is 5.69 Å². The van der Waals surface area contributed by atoms with Gasteiger partial charge in [-0.2, -0.15) is 0 Å². The quantitative estimate of drug-likeness (QED) is 0.474. The normalized spacial score (nSPS) is 16.6. The number of nitrogens with one attached hydrogen (secondary N) is 1. The number of likely N-dealkylation sites (tertiary alicyclic amines) is 1. The summed E-state index contributed by atoms with van der Waals surface area (Å²) in [7, 11) is 0. The predicted molar refractivity (Wildman–Crippen MR) is 126 cm³/mol. The van der Waals surface area contributed by atoms with Gasteiger partial charge in [-0.1, -0.05) is 18.7 Å². The second kappa shape index (κ2) is 10.1. The van der Waals surface area contributed by atoms with Crippen LogP contribution in [0.3, 0.4) is 0 Å². The summed E-state index contributed by atoms with van der Waals surface area (Å²) in [6, 6.07) is 6.21. The third kappa shape index (κ3) is 5.05. The van der Waals surface area contributed by atoms with E-state index in [-0.39, 0.29) is 5.69 Å². The molecule has 4 rings (SSSR count). The van der Waals surface area contributed by atoms with Crippen molar-refractivity contribution in [2.45, 2.75) is 39.0 Å². The topological polar surface area (TPSA) is 28.2 Å². The standard InChI is InChI=1S/C27H28F3N3/c1-3-9-24(33-16-6-5-7-17-33)22(4-2)31-26(18-12-13-18)23-15-14-21(30)27(32-23)25-19(28)10-8-11-20(25)29/h3-4,8-11,14-15,31H,2,5-7,12-13,16-17H2,1H3/b9-3-,24-22-. The van der Waals surface area contributed by atoms with Gasteiger partial charge in [0.05, 0.1) is 28.3 Å². The minimum absolute atomic E-state index is 0.336. The van der Waals surface area contributed by atoms with E-state index in [2.05, 4.69) is 27.9 Å². The molecule has 1 saturated carbocycles. The lowest BCUT2D eigenvalue weighted by Gasteiger charge is -2.31. The molecule has 0 bridgehead atoms. The number of allylic oxidation sites excluding steroid dienone is 4. The van der Waals surface area contributed by atoms with Crippen LogP contribution in [0.2, 0.25) is 0 Å². The minimum Gasteiger partial charge on any atom is -0.370 e. The highest BCUT2D eigenvalue weighted by atomic mass is 19.1. The van der Waals surface area contributed by atoms with Crippen LogP contribution in [0.4, 0.5) is 13.2 Å². The lowest BCUT2D eigenvalue weighted by molar-refractivity contribution is 0.290. The van der Waals surface area contributed by atoms with Crippen molar-refractivity contribution >= 4 is 5.70 Å². The van der Waals surface area contributed by atoms with E-state index in [9.17, 15) is 13.2 Å². The molecule has 0 amide bonds. The molecule has 0 unspecified atom stereocenters. The van der Waals surface area contributed by atoms with E-state index in [4.69, 9.17) is 0 Å². The Balaban J connectivity index is 1.76. The number of rotatable bonds is 7. The Labute approximate surface area is 193 Å². The van der Waals surface area contributed by atoms with Gasteiger partial charge >= 0.3 is 0 Å². The average molecular weight is 452 g/mol. The molecule has 0 atom stereocenters. The Morgan fingerprint density at radius 2 is 1.70 bits per heavy atom. The van der Waals surface area contributed by atoms with Crippen LogP contribution < -0.4 is 5.32 Å². The molecular weight excluding hydrogens is 423 g/mol. The maximum atomic E-state index is 14.6. The third-order valence-electron chi connectivity index (χ3n) is 5.92. The van der Waals surface area contributed by atoms with Crippen LogP contribution in [0.5, 0.6) is 0 Å². The number of benzene rings is 1. The zero-order valence-corrected chi connectivity index (χ0v) is 18.8. The highest BCUT2D eigenvalue weighted by Crippen LogP contribution is 2.37. The van der Waals surface area contributed by atoms with Crippen molar-refractivity contribution in [3.05, 3.63) is 95.3 Å². The summed E-state index contributed by atoms with van der Waals surface area (Å²) in [6.07, 6.45) is 11.1. The number of aromatic nitrogens is 1. The molecular formula is C27H28F3N3. The maximum Gasteiger partial charge on any atom is 0.149 e. The van der Waals surface area contributed by atoms with Crippen molar-refractivity contribution in [3.63, 3.8) is 0 Å². The Bertz CT molecular complexity index is 1120. The Hall–Kier alpha value is -3.28. The summed E-state index contributed by atoms with van der Waals surface area (Å²) in [6.45, 7) is 7.92. The summed E-state index contributed by atoms with van der Waals surface area (Å²) in [5.74, 6) is -2.47. The zero-order chi connectivity index (χ0) is 23.4. The monoisotopic (exact) mass is 451 g/mol. The van der Waals surface area contributed by atoms with E-state index in [1.165, 1.54) is 18.6 Å². The maximum absolute atomic E-state index is 14.6. The first kappa shape index (κ1) is 22.9. The first-order valence-electron chi connectivity index (χ1n) is 11.4. The summed E-state index contributed by atoms with van der Waals surface area (Å²) >= 11 is 0. The Morgan fingerprint density at radius 1 is 1.00 bits per heavy atom. The second-order valence-electron chi connectivity index (χ2n) is 8.28. The molecule has 33 heavy (non-hydrogen) atoms. The first-order chi connectivity index (χ1) is 16.0. The molecule has 2 aliphatic rings. The molecule has 1 N–H and O–H groups in total. The number of nitrogens with zero attached hydrogens (tertiary/aromatic N) is 2. The Morgan fingerprint density at radius 3 is 2.30 bits per heavy atom. The molecule has 0 radical (unpaired) electrons. The molecule has 1 aromatic carbocycles. The molecule has 172 valence electrons. The fourth-order valence-electron chi connectivity index (χ4n) is 4.14. The van der Waals surface area contributed by atoms with Crippen LogP contribution in [0.1, 0.15) is 44.7 Å². The van der Waals surface area contributed by atoms with E-state index in [0.717, 1.165) is 73.6 Å². The van der Waals surface area contributed by atoms with Gasteiger partial charge in [-0.15, -0.1) is 0 Å². The smallest absolute Gasteiger partial charge is 0.149 e. The molecule has 1 saturated heterocycles. The van der Waals surface area contributed by atoms with Crippen molar-refractivity contribution in [3.8, 4) is 11.3 Å². The second-order valence-corrected chi connectivity index (χ2v) is 8.28. The van der Waals surface area contributed by atoms with Gasteiger partial charge in [0.15, 0.2) is 0 Å². The van der Waals surface area contributed by atoms with Gasteiger partial charge in [-0.25, -0.2) is 18.2 Å². The highest BCUT2D eigenvalue weighted by Gasteiger charge is 2.24. The molecule has 0 spiro atoms. The lowest BCUT2D eigenvalue weighted by Crippen LogP contribution is -2.31. The van der Waals surface area contributed by atoms with E-state index in [1.807, 2.05) is 13.0 Å². The van der Waals surface area contributed by atoms with Crippen molar-refractivity contribution < 1.29 is 13.2 Å². The fraction of sp³-hybridized carbons (Fsp3) is 0.296. The lowest BCUT2D eigenvalue weighted by atomic mass is 10.1. The van der Waals surface area contributed by atoms with Gasteiger partial charge < -0.3 is 10.2 Å². The van der Waals surface area contributed by atoms with Gasteiger partial charge in [-0.3, -0.25) is 0 Å². The largest absolute Gasteiger partial charge is 0.370 e. The molecule has 6 heteroatoms. The predicted octanol–water partition coefficient (Wildman–Crippen LogP) is 6.72. The number of halogens is 3. The molecule has 1 aromatic heterocycles. The summed E-state index contributed by atoms with van der Waals surface area (Å²) in [4.78, 5) is 6.70. The number of piperidine rings is 1. The van der Waals surface area contributed by atoms with E-state index >= 15 is 0 Å². The molecule has 1 aliphatic carbocycles. The average Bonchev–Trinajstić information content (AvgIpc) is 3.66. The van der Waals surface area contributed by atoms with E-state index < -0.39 is 23.0 Å². The number of pyridine rings is 1. The summed E-state index contributed by atoms with van der Waals surface area (Å²) < 4.78 is 43.4. The van der Waals surface area contributed by atoms with Crippen LogP contribution in [0.15, 0.2) is 72.1 Å². The van der Waals surface area contributed by atoms with E-state index in [1.54, 1.807) is 12.1 Å². The van der Waals surface area contributed by atoms with Crippen molar-refractivity contribution in [1.29, 1.82) is 0 Å².